The van der Waals surface area contributed by atoms with Crippen LogP contribution in [0.15, 0.2) is 61.3 Å². The average molecular weight is 202 g/mol. The van der Waals surface area contributed by atoms with Crippen molar-refractivity contribution < 1.29 is 0 Å². The van der Waals surface area contributed by atoms with E-state index in [1.165, 1.54) is 19.3 Å². The summed E-state index contributed by atoms with van der Waals surface area (Å²) in [6, 6.07) is 0. The predicted octanol–water partition coefficient (Wildman–Crippen LogP) is 4.98. The Balaban J connectivity index is 3.48. The number of rotatable bonds is 8. The number of hydrogen-bond donors (Lipinski definition) is 0. The van der Waals surface area contributed by atoms with E-state index in [2.05, 4.69) is 56.0 Å². The van der Waals surface area contributed by atoms with Crippen LogP contribution >= 0.6 is 0 Å². The largest absolute Gasteiger partial charge is 0.0991 e. The van der Waals surface area contributed by atoms with Crippen molar-refractivity contribution in [2.45, 2.75) is 32.6 Å². The highest BCUT2D eigenvalue weighted by Crippen LogP contribution is 1.95. The highest BCUT2D eigenvalue weighted by atomic mass is 13.8. The Kier molecular flexibility index (Phi) is 11.6. The summed E-state index contributed by atoms with van der Waals surface area (Å²) < 4.78 is 0. The molecule has 0 heterocycles. The minimum atomic E-state index is 0.968. The molecule has 0 aliphatic heterocycles. The second kappa shape index (κ2) is 12.7. The summed E-state index contributed by atoms with van der Waals surface area (Å²) in [5.74, 6) is 0. The number of allylic oxidation sites excluding steroid dienone is 9. The smallest absolute Gasteiger partial charge is 0.0163 e. The first-order valence-electron chi connectivity index (χ1n) is 5.67. The van der Waals surface area contributed by atoms with Crippen molar-refractivity contribution in [3.63, 3.8) is 0 Å². The molecule has 15 heavy (non-hydrogen) atoms. The summed E-state index contributed by atoms with van der Waals surface area (Å²) in [5.41, 5.74) is 0. The molecule has 0 aromatic rings. The Hall–Kier alpha value is -1.30. The van der Waals surface area contributed by atoms with E-state index in [4.69, 9.17) is 0 Å². The zero-order valence-electron chi connectivity index (χ0n) is 9.73. The molecule has 0 atom stereocenters. The van der Waals surface area contributed by atoms with E-state index >= 15 is 0 Å². The first kappa shape index (κ1) is 13.7. The van der Waals surface area contributed by atoms with Gasteiger partial charge in [-0.05, 0) is 12.8 Å². The van der Waals surface area contributed by atoms with Crippen LogP contribution in [0.4, 0.5) is 0 Å². The van der Waals surface area contributed by atoms with Gasteiger partial charge in [0.1, 0.15) is 0 Å². The van der Waals surface area contributed by atoms with Gasteiger partial charge >= 0.3 is 0 Å². The molecule has 0 unspecified atom stereocenters. The molecule has 0 saturated carbocycles. The molecule has 0 spiro atoms. The molecule has 82 valence electrons. The fourth-order valence-electron chi connectivity index (χ4n) is 1.04. The summed E-state index contributed by atoms with van der Waals surface area (Å²) in [6.07, 6.45) is 23.2. The van der Waals surface area contributed by atoms with Crippen molar-refractivity contribution in [2.75, 3.05) is 0 Å². The van der Waals surface area contributed by atoms with Crippen LogP contribution in [0, 0.1) is 0 Å². The zero-order chi connectivity index (χ0) is 11.2. The lowest BCUT2D eigenvalue weighted by Gasteiger charge is -1.85. The van der Waals surface area contributed by atoms with Crippen molar-refractivity contribution in [2.24, 2.45) is 0 Å². The van der Waals surface area contributed by atoms with E-state index in [1.807, 2.05) is 6.08 Å². The molecular formula is C15H22. The van der Waals surface area contributed by atoms with Crippen LogP contribution in [-0.2, 0) is 0 Å². The molecule has 0 heteroatoms. The van der Waals surface area contributed by atoms with Gasteiger partial charge in [0.25, 0.3) is 0 Å². The fraction of sp³-hybridized carbons (Fsp3) is 0.333. The summed E-state index contributed by atoms with van der Waals surface area (Å²) in [4.78, 5) is 0. The van der Waals surface area contributed by atoms with Crippen LogP contribution < -0.4 is 0 Å². The van der Waals surface area contributed by atoms with Gasteiger partial charge in [0, 0.05) is 0 Å². The summed E-state index contributed by atoms with van der Waals surface area (Å²) in [6.45, 7) is 5.82. The van der Waals surface area contributed by atoms with E-state index in [1.54, 1.807) is 6.08 Å². The lowest BCUT2D eigenvalue weighted by molar-refractivity contribution is 0.815. The van der Waals surface area contributed by atoms with E-state index in [0.29, 0.717) is 0 Å². The maximum atomic E-state index is 3.61. The molecule has 0 amide bonds. The van der Waals surface area contributed by atoms with Gasteiger partial charge in [0.2, 0.25) is 0 Å². The lowest BCUT2D eigenvalue weighted by atomic mass is 10.2. The second-order valence-electron chi connectivity index (χ2n) is 3.28. The maximum absolute atomic E-state index is 3.61. The molecule has 0 aliphatic carbocycles. The van der Waals surface area contributed by atoms with Crippen molar-refractivity contribution in [1.82, 2.24) is 0 Å². The molecule has 0 nitrogen and oxygen atoms in total. The molecule has 0 fully saturated rings. The third kappa shape index (κ3) is 12.7. The number of unbranched alkanes of at least 4 members (excludes halogenated alkanes) is 2. The van der Waals surface area contributed by atoms with Crippen molar-refractivity contribution >= 4 is 0 Å². The Morgan fingerprint density at radius 2 is 1.53 bits per heavy atom. The SMILES string of the molecule is C=CC=CCC=CC=CC=CCCCC. The van der Waals surface area contributed by atoms with E-state index in [-0.39, 0.29) is 0 Å². The highest BCUT2D eigenvalue weighted by molar-refractivity contribution is 5.12. The molecule has 0 aromatic carbocycles. The molecule has 0 bridgehead atoms. The minimum absolute atomic E-state index is 0.968. The monoisotopic (exact) mass is 202 g/mol. The van der Waals surface area contributed by atoms with Crippen LogP contribution in [0.5, 0.6) is 0 Å². The normalized spacial score (nSPS) is 12.6. The topological polar surface area (TPSA) is 0 Å². The van der Waals surface area contributed by atoms with E-state index in [9.17, 15) is 0 Å². The third-order valence-electron chi connectivity index (χ3n) is 1.87. The molecule has 0 radical (unpaired) electrons. The van der Waals surface area contributed by atoms with Crippen LogP contribution in [0.3, 0.4) is 0 Å². The quantitative estimate of drug-likeness (QED) is 0.385. The van der Waals surface area contributed by atoms with Crippen LogP contribution in [0.1, 0.15) is 32.6 Å². The van der Waals surface area contributed by atoms with Gasteiger partial charge in [-0.3, -0.25) is 0 Å². The molecule has 0 aliphatic rings. The van der Waals surface area contributed by atoms with Gasteiger partial charge in [0.15, 0.2) is 0 Å². The van der Waals surface area contributed by atoms with Gasteiger partial charge < -0.3 is 0 Å². The fourth-order valence-corrected chi connectivity index (χ4v) is 1.04. The lowest BCUT2D eigenvalue weighted by Crippen LogP contribution is -1.64. The van der Waals surface area contributed by atoms with Gasteiger partial charge in [-0.1, -0.05) is 81.0 Å². The van der Waals surface area contributed by atoms with Crippen molar-refractivity contribution in [1.29, 1.82) is 0 Å². The Morgan fingerprint density at radius 1 is 0.867 bits per heavy atom. The Bertz CT molecular complexity index is 239. The molecule has 0 N–H and O–H groups in total. The first-order valence-corrected chi connectivity index (χ1v) is 5.67. The molecule has 0 aromatic heterocycles. The summed E-state index contributed by atoms with van der Waals surface area (Å²) in [5, 5.41) is 0. The summed E-state index contributed by atoms with van der Waals surface area (Å²) in [7, 11) is 0. The van der Waals surface area contributed by atoms with Crippen molar-refractivity contribution in [3.8, 4) is 0 Å². The highest BCUT2D eigenvalue weighted by Gasteiger charge is 1.74. The first-order chi connectivity index (χ1) is 7.41. The van der Waals surface area contributed by atoms with Gasteiger partial charge in [-0.2, -0.15) is 0 Å². The molecule has 0 rings (SSSR count). The molecular weight excluding hydrogens is 180 g/mol. The van der Waals surface area contributed by atoms with Crippen molar-refractivity contribution in [3.05, 3.63) is 61.3 Å². The van der Waals surface area contributed by atoms with E-state index in [0.717, 1.165) is 6.42 Å². The summed E-state index contributed by atoms with van der Waals surface area (Å²) >= 11 is 0. The second-order valence-corrected chi connectivity index (χ2v) is 3.28. The minimum Gasteiger partial charge on any atom is -0.0991 e. The molecule has 0 saturated heterocycles. The number of hydrogen-bond acceptors (Lipinski definition) is 0. The van der Waals surface area contributed by atoms with Gasteiger partial charge in [-0.15, -0.1) is 0 Å². The zero-order valence-corrected chi connectivity index (χ0v) is 9.73. The van der Waals surface area contributed by atoms with Gasteiger partial charge in [0.05, 0.1) is 0 Å². The maximum Gasteiger partial charge on any atom is -0.0163 e. The van der Waals surface area contributed by atoms with Crippen LogP contribution in [0.25, 0.3) is 0 Å². The predicted molar refractivity (Wildman–Crippen MR) is 70.9 cm³/mol. The Morgan fingerprint density at radius 3 is 2.20 bits per heavy atom. The standard InChI is InChI=1S/C15H22/c1-3-5-7-9-11-13-15-14-12-10-8-6-4-2/h3,5,7,10-15H,1,4,6,8-9H2,2H3. The van der Waals surface area contributed by atoms with Gasteiger partial charge in [-0.25, -0.2) is 0 Å². The average Bonchev–Trinajstić information content (AvgIpc) is 2.26. The van der Waals surface area contributed by atoms with Crippen LogP contribution in [0.2, 0.25) is 0 Å². The van der Waals surface area contributed by atoms with Crippen LogP contribution in [-0.4, -0.2) is 0 Å². The Labute approximate surface area is 94.4 Å². The van der Waals surface area contributed by atoms with E-state index < -0.39 is 0 Å². The third-order valence-corrected chi connectivity index (χ3v) is 1.87.